The highest BCUT2D eigenvalue weighted by Gasteiger charge is 2.23. The molecule has 1 aliphatic rings. The minimum atomic E-state index is -0.381. The fourth-order valence-corrected chi connectivity index (χ4v) is 3.10. The molecule has 0 saturated carbocycles. The summed E-state index contributed by atoms with van der Waals surface area (Å²) in [6.07, 6.45) is 1.52. The van der Waals surface area contributed by atoms with Crippen LogP contribution in [0.5, 0.6) is 0 Å². The van der Waals surface area contributed by atoms with Crippen LogP contribution in [0.2, 0.25) is 0 Å². The van der Waals surface area contributed by atoms with E-state index < -0.39 is 0 Å². The molecule has 7 nitrogen and oxygen atoms in total. The maximum absolute atomic E-state index is 12.5. The number of fused-ring (bicyclic) bond motifs is 1. The molecule has 1 aliphatic heterocycles. The highest BCUT2D eigenvalue weighted by atomic mass is 16.2. The number of likely N-dealkylation sites (tertiary alicyclic amines) is 1. The predicted octanol–water partition coefficient (Wildman–Crippen LogP) is 0.468. The van der Waals surface area contributed by atoms with Crippen LogP contribution in [0.4, 0.5) is 0 Å². The number of amides is 2. The lowest BCUT2D eigenvalue weighted by Gasteiger charge is -2.31. The predicted molar refractivity (Wildman–Crippen MR) is 95.6 cm³/mol. The average molecular weight is 342 g/mol. The fraction of sp³-hybridized carbons (Fsp3) is 0.389. The molecule has 0 spiro atoms. The Morgan fingerprint density at radius 1 is 1.24 bits per heavy atom. The lowest BCUT2D eigenvalue weighted by Crippen LogP contribution is -2.47. The maximum Gasteiger partial charge on any atom is 0.261 e. The van der Waals surface area contributed by atoms with Crippen LogP contribution >= 0.6 is 0 Å². The van der Waals surface area contributed by atoms with Gasteiger partial charge in [0.2, 0.25) is 5.91 Å². The normalized spacial score (nSPS) is 15.9. The number of piperidine rings is 1. The van der Waals surface area contributed by atoms with Crippen molar-refractivity contribution in [3.8, 4) is 0 Å². The second kappa shape index (κ2) is 7.48. The molecule has 0 aliphatic carbocycles. The van der Waals surface area contributed by atoms with Crippen LogP contribution in [0.1, 0.15) is 23.2 Å². The fourth-order valence-electron chi connectivity index (χ4n) is 3.10. The molecule has 1 fully saturated rings. The zero-order valence-electron chi connectivity index (χ0n) is 14.2. The number of benzene rings is 1. The number of carbonyl (C=O) groups excluding carboxylic acids is 2. The van der Waals surface area contributed by atoms with Crippen LogP contribution < -0.4 is 16.2 Å². The maximum atomic E-state index is 12.5. The Bertz CT molecular complexity index is 838. The van der Waals surface area contributed by atoms with Crippen LogP contribution in [0.15, 0.2) is 35.1 Å². The molecule has 2 aromatic rings. The number of aromatic amines is 1. The Kier molecular flexibility index (Phi) is 5.14. The van der Waals surface area contributed by atoms with Crippen molar-refractivity contribution in [3.05, 3.63) is 46.2 Å². The third-order valence-corrected chi connectivity index (χ3v) is 4.57. The summed E-state index contributed by atoms with van der Waals surface area (Å²) in [6, 6.07) is 9.01. The van der Waals surface area contributed by atoms with Crippen molar-refractivity contribution < 1.29 is 9.59 Å². The number of H-pyrrole nitrogens is 1. The molecular formula is C18H22N4O3. The molecule has 1 saturated heterocycles. The van der Waals surface area contributed by atoms with Gasteiger partial charge in [-0.2, -0.15) is 0 Å². The van der Waals surface area contributed by atoms with Crippen LogP contribution in [0, 0.1) is 0 Å². The van der Waals surface area contributed by atoms with Gasteiger partial charge in [0.1, 0.15) is 5.56 Å². The van der Waals surface area contributed by atoms with E-state index in [1.165, 1.54) is 0 Å². The van der Waals surface area contributed by atoms with Crippen molar-refractivity contribution in [2.24, 2.45) is 0 Å². The Labute approximate surface area is 145 Å². The third kappa shape index (κ3) is 4.06. The molecule has 3 rings (SSSR count). The summed E-state index contributed by atoms with van der Waals surface area (Å²) in [7, 11) is 1.62. The molecule has 2 amide bonds. The topological polar surface area (TPSA) is 94.3 Å². The summed E-state index contributed by atoms with van der Waals surface area (Å²) in [6.45, 7) is 1.86. The first-order valence-electron chi connectivity index (χ1n) is 8.42. The summed E-state index contributed by atoms with van der Waals surface area (Å²) in [5.74, 6) is -0.359. The van der Waals surface area contributed by atoms with Crippen LogP contribution in [-0.2, 0) is 4.79 Å². The summed E-state index contributed by atoms with van der Waals surface area (Å²) < 4.78 is 0. The molecule has 132 valence electrons. The first-order chi connectivity index (χ1) is 12.1. The van der Waals surface area contributed by atoms with Crippen LogP contribution in [0.25, 0.3) is 10.9 Å². The molecule has 0 radical (unpaired) electrons. The van der Waals surface area contributed by atoms with E-state index in [4.69, 9.17) is 0 Å². The highest BCUT2D eigenvalue weighted by Crippen LogP contribution is 2.13. The molecule has 1 aromatic carbocycles. The van der Waals surface area contributed by atoms with E-state index in [-0.39, 0.29) is 29.0 Å². The van der Waals surface area contributed by atoms with Gasteiger partial charge in [-0.05, 0) is 30.4 Å². The zero-order valence-corrected chi connectivity index (χ0v) is 14.2. The van der Waals surface area contributed by atoms with Crippen molar-refractivity contribution >= 4 is 22.7 Å². The molecule has 25 heavy (non-hydrogen) atoms. The van der Waals surface area contributed by atoms with Gasteiger partial charge in [-0.3, -0.25) is 19.3 Å². The van der Waals surface area contributed by atoms with Crippen molar-refractivity contribution in [2.75, 3.05) is 26.7 Å². The number of para-hydroxylation sites is 1. The quantitative estimate of drug-likeness (QED) is 0.753. The number of nitrogens with one attached hydrogen (secondary N) is 3. The van der Waals surface area contributed by atoms with Gasteiger partial charge in [-0.1, -0.05) is 18.2 Å². The summed E-state index contributed by atoms with van der Waals surface area (Å²) in [5.41, 5.74) is 0.464. The third-order valence-electron chi connectivity index (χ3n) is 4.57. The molecule has 1 aromatic heterocycles. The van der Waals surface area contributed by atoms with Crippen LogP contribution in [-0.4, -0.2) is 54.4 Å². The van der Waals surface area contributed by atoms with Crippen molar-refractivity contribution in [3.63, 3.8) is 0 Å². The Morgan fingerprint density at radius 2 is 1.96 bits per heavy atom. The number of hydrogen-bond donors (Lipinski definition) is 3. The van der Waals surface area contributed by atoms with Gasteiger partial charge in [0, 0.05) is 31.7 Å². The minimum Gasteiger partial charge on any atom is -0.358 e. The first kappa shape index (κ1) is 17.2. The second-order valence-electron chi connectivity index (χ2n) is 6.30. The van der Waals surface area contributed by atoms with Gasteiger partial charge >= 0.3 is 0 Å². The summed E-state index contributed by atoms with van der Waals surface area (Å²) >= 11 is 0. The smallest absolute Gasteiger partial charge is 0.261 e. The largest absolute Gasteiger partial charge is 0.358 e. The summed E-state index contributed by atoms with van der Waals surface area (Å²) in [4.78, 5) is 40.8. The number of pyridine rings is 1. The van der Waals surface area contributed by atoms with Crippen LogP contribution in [0.3, 0.4) is 0 Å². The Balaban J connectivity index is 1.63. The van der Waals surface area contributed by atoms with E-state index in [1.54, 1.807) is 19.2 Å². The molecule has 0 unspecified atom stereocenters. The van der Waals surface area contributed by atoms with Crippen molar-refractivity contribution in [1.29, 1.82) is 0 Å². The zero-order chi connectivity index (χ0) is 17.8. The van der Waals surface area contributed by atoms with Gasteiger partial charge < -0.3 is 15.6 Å². The summed E-state index contributed by atoms with van der Waals surface area (Å²) in [5, 5.41) is 6.38. The number of aromatic nitrogens is 1. The standard InChI is InChI=1S/C18H22N4O3/c1-19-16(23)11-22-8-6-13(7-9-22)20-17(24)14-10-12-4-2-3-5-15(12)21-18(14)25/h2-5,10,13H,6-9,11H2,1H3,(H,19,23)(H,20,24)(H,21,25). The molecule has 0 atom stereocenters. The first-order valence-corrected chi connectivity index (χ1v) is 8.42. The molecular weight excluding hydrogens is 320 g/mol. The number of carbonyl (C=O) groups is 2. The lowest BCUT2D eigenvalue weighted by molar-refractivity contribution is -0.122. The van der Waals surface area contributed by atoms with E-state index in [2.05, 4.69) is 20.5 Å². The number of likely N-dealkylation sites (N-methyl/N-ethyl adjacent to an activating group) is 1. The second-order valence-corrected chi connectivity index (χ2v) is 6.30. The van der Waals surface area contributed by atoms with Gasteiger partial charge in [0.15, 0.2) is 0 Å². The van der Waals surface area contributed by atoms with Crippen molar-refractivity contribution in [1.82, 2.24) is 20.5 Å². The molecule has 2 heterocycles. The van der Waals surface area contributed by atoms with Gasteiger partial charge in [0.25, 0.3) is 11.5 Å². The minimum absolute atomic E-state index is 0.00909. The Morgan fingerprint density at radius 3 is 2.68 bits per heavy atom. The van der Waals surface area contributed by atoms with E-state index in [0.717, 1.165) is 31.3 Å². The average Bonchev–Trinajstić information content (AvgIpc) is 2.62. The van der Waals surface area contributed by atoms with Gasteiger partial charge in [0.05, 0.1) is 6.54 Å². The van der Waals surface area contributed by atoms with Gasteiger partial charge in [-0.25, -0.2) is 0 Å². The van der Waals surface area contributed by atoms with Crippen molar-refractivity contribution in [2.45, 2.75) is 18.9 Å². The molecule has 3 N–H and O–H groups in total. The number of hydrogen-bond acceptors (Lipinski definition) is 4. The molecule has 0 bridgehead atoms. The molecule has 7 heteroatoms. The van der Waals surface area contributed by atoms with E-state index in [9.17, 15) is 14.4 Å². The van der Waals surface area contributed by atoms with E-state index >= 15 is 0 Å². The van der Waals surface area contributed by atoms with E-state index in [0.29, 0.717) is 12.1 Å². The monoisotopic (exact) mass is 342 g/mol. The van der Waals surface area contributed by atoms with E-state index in [1.807, 2.05) is 18.2 Å². The highest BCUT2D eigenvalue weighted by molar-refractivity contribution is 5.97. The number of nitrogens with zero attached hydrogens (tertiary/aromatic N) is 1. The Hall–Kier alpha value is -2.67. The lowest BCUT2D eigenvalue weighted by atomic mass is 10.0. The SMILES string of the molecule is CNC(=O)CN1CCC(NC(=O)c2cc3ccccc3[nH]c2=O)CC1. The van der Waals surface area contributed by atoms with Gasteiger partial charge in [-0.15, -0.1) is 0 Å². The number of rotatable bonds is 4.